The van der Waals surface area contributed by atoms with Gasteiger partial charge >= 0.3 is 0 Å². The molecule has 2 N–H and O–H groups in total. The molecular weight excluding hydrogens is 268 g/mol. The summed E-state index contributed by atoms with van der Waals surface area (Å²) in [5.41, 5.74) is 9.89. The molecule has 0 amide bonds. The van der Waals surface area contributed by atoms with E-state index in [-0.39, 0.29) is 0 Å². The molecule has 0 saturated heterocycles. The highest BCUT2D eigenvalue weighted by Crippen LogP contribution is 2.32. The van der Waals surface area contributed by atoms with Crippen LogP contribution in [0.1, 0.15) is 11.1 Å². The summed E-state index contributed by atoms with van der Waals surface area (Å²) >= 11 is 1.56. The van der Waals surface area contributed by atoms with Gasteiger partial charge in [-0.15, -0.1) is 0 Å². The van der Waals surface area contributed by atoms with Gasteiger partial charge in [0.25, 0.3) is 5.22 Å². The van der Waals surface area contributed by atoms with Crippen molar-refractivity contribution in [2.75, 3.05) is 6.54 Å². The van der Waals surface area contributed by atoms with Crippen LogP contribution in [0.2, 0.25) is 0 Å². The van der Waals surface area contributed by atoms with E-state index in [1.807, 2.05) is 24.3 Å². The minimum Gasteiger partial charge on any atom is -0.431 e. The van der Waals surface area contributed by atoms with E-state index in [1.54, 1.807) is 11.8 Å². The Morgan fingerprint density at radius 3 is 2.85 bits per heavy atom. The molecule has 4 heteroatoms. The molecule has 3 aromatic rings. The predicted molar refractivity (Wildman–Crippen MR) is 82.1 cm³/mol. The zero-order valence-corrected chi connectivity index (χ0v) is 12.1. The summed E-state index contributed by atoms with van der Waals surface area (Å²) < 4.78 is 5.76. The Balaban J connectivity index is 1.93. The number of oxazole rings is 1. The Bertz CT molecular complexity index is 703. The first-order chi connectivity index (χ1) is 9.76. The zero-order valence-electron chi connectivity index (χ0n) is 11.3. The first-order valence-electron chi connectivity index (χ1n) is 6.59. The van der Waals surface area contributed by atoms with E-state index in [2.05, 4.69) is 30.1 Å². The maximum Gasteiger partial charge on any atom is 0.261 e. The molecule has 0 saturated carbocycles. The lowest BCUT2D eigenvalue weighted by atomic mass is 10.1. The van der Waals surface area contributed by atoms with Gasteiger partial charge in [0, 0.05) is 4.90 Å². The molecule has 0 aliphatic carbocycles. The quantitative estimate of drug-likeness (QED) is 0.792. The van der Waals surface area contributed by atoms with Gasteiger partial charge < -0.3 is 10.2 Å². The van der Waals surface area contributed by atoms with E-state index in [0.29, 0.717) is 11.8 Å². The third-order valence-electron chi connectivity index (χ3n) is 3.10. The highest BCUT2D eigenvalue weighted by Gasteiger charge is 2.10. The third-order valence-corrected chi connectivity index (χ3v) is 4.07. The minimum absolute atomic E-state index is 0.643. The van der Waals surface area contributed by atoms with Crippen LogP contribution in [-0.2, 0) is 6.42 Å². The van der Waals surface area contributed by atoms with Gasteiger partial charge in [0.05, 0.1) is 0 Å². The van der Waals surface area contributed by atoms with E-state index in [9.17, 15) is 0 Å². The van der Waals surface area contributed by atoms with Crippen LogP contribution in [-0.4, -0.2) is 11.5 Å². The smallest absolute Gasteiger partial charge is 0.261 e. The van der Waals surface area contributed by atoms with E-state index in [1.165, 1.54) is 11.1 Å². The van der Waals surface area contributed by atoms with Crippen molar-refractivity contribution in [1.82, 2.24) is 4.98 Å². The maximum absolute atomic E-state index is 5.76. The molecule has 2 aromatic carbocycles. The first-order valence-corrected chi connectivity index (χ1v) is 7.41. The highest BCUT2D eigenvalue weighted by molar-refractivity contribution is 7.99. The van der Waals surface area contributed by atoms with Crippen molar-refractivity contribution in [3.63, 3.8) is 0 Å². The number of para-hydroxylation sites is 2. The average molecular weight is 284 g/mol. The summed E-state index contributed by atoms with van der Waals surface area (Å²) in [5, 5.41) is 0.674. The lowest BCUT2D eigenvalue weighted by Crippen LogP contribution is -2.04. The molecule has 0 radical (unpaired) electrons. The first kappa shape index (κ1) is 13.2. The van der Waals surface area contributed by atoms with Crippen molar-refractivity contribution in [1.29, 1.82) is 0 Å². The van der Waals surface area contributed by atoms with Gasteiger partial charge in [-0.2, -0.15) is 0 Å². The Morgan fingerprint density at radius 1 is 1.20 bits per heavy atom. The van der Waals surface area contributed by atoms with Crippen molar-refractivity contribution < 1.29 is 4.42 Å². The van der Waals surface area contributed by atoms with Crippen LogP contribution in [0.4, 0.5) is 0 Å². The molecule has 3 nitrogen and oxygen atoms in total. The van der Waals surface area contributed by atoms with Crippen LogP contribution >= 0.6 is 11.8 Å². The number of benzene rings is 2. The second-order valence-corrected chi connectivity index (χ2v) is 5.69. The third kappa shape index (κ3) is 2.71. The Kier molecular flexibility index (Phi) is 3.76. The number of fused-ring (bicyclic) bond motifs is 1. The number of aryl methyl sites for hydroxylation is 1. The van der Waals surface area contributed by atoms with Crippen molar-refractivity contribution >= 4 is 22.9 Å². The molecule has 0 fully saturated rings. The summed E-state index contributed by atoms with van der Waals surface area (Å²) in [6, 6.07) is 14.2. The van der Waals surface area contributed by atoms with Crippen molar-refractivity contribution in [2.24, 2.45) is 5.73 Å². The summed E-state index contributed by atoms with van der Waals surface area (Å²) in [6.45, 7) is 2.73. The Morgan fingerprint density at radius 2 is 2.05 bits per heavy atom. The van der Waals surface area contributed by atoms with Crippen LogP contribution < -0.4 is 5.73 Å². The monoisotopic (exact) mass is 284 g/mol. The Labute approximate surface area is 122 Å². The molecular formula is C16H16N2OS. The number of nitrogens with two attached hydrogens (primary N) is 1. The lowest BCUT2D eigenvalue weighted by molar-refractivity contribution is 0.489. The van der Waals surface area contributed by atoms with E-state index in [0.717, 1.165) is 22.4 Å². The summed E-state index contributed by atoms with van der Waals surface area (Å²) in [7, 11) is 0. The molecule has 0 spiro atoms. The standard InChI is InChI=1S/C16H16N2OS/c1-11-6-7-15(12(10-11)8-9-17)20-16-18-13-4-2-3-5-14(13)19-16/h2-7,10H,8-9,17H2,1H3. The van der Waals surface area contributed by atoms with Gasteiger partial charge in [-0.1, -0.05) is 29.8 Å². The van der Waals surface area contributed by atoms with Gasteiger partial charge in [-0.3, -0.25) is 0 Å². The van der Waals surface area contributed by atoms with Crippen LogP contribution in [0.3, 0.4) is 0 Å². The summed E-state index contributed by atoms with van der Waals surface area (Å²) in [5.74, 6) is 0. The maximum atomic E-state index is 5.76. The van der Waals surface area contributed by atoms with E-state index < -0.39 is 0 Å². The van der Waals surface area contributed by atoms with Crippen molar-refractivity contribution in [3.05, 3.63) is 53.6 Å². The number of hydrogen-bond acceptors (Lipinski definition) is 4. The molecule has 3 rings (SSSR count). The Hall–Kier alpha value is -1.78. The molecule has 0 bridgehead atoms. The van der Waals surface area contributed by atoms with Crippen molar-refractivity contribution in [2.45, 2.75) is 23.5 Å². The van der Waals surface area contributed by atoms with Crippen molar-refractivity contribution in [3.8, 4) is 0 Å². The number of rotatable bonds is 4. The minimum atomic E-state index is 0.643. The summed E-state index contributed by atoms with van der Waals surface area (Å²) in [4.78, 5) is 5.66. The average Bonchev–Trinajstić information content (AvgIpc) is 2.84. The zero-order chi connectivity index (χ0) is 13.9. The summed E-state index contributed by atoms with van der Waals surface area (Å²) in [6.07, 6.45) is 0.865. The highest BCUT2D eigenvalue weighted by atomic mass is 32.2. The number of aromatic nitrogens is 1. The normalized spacial score (nSPS) is 11.1. The molecule has 0 atom stereocenters. The largest absolute Gasteiger partial charge is 0.431 e. The molecule has 1 heterocycles. The van der Waals surface area contributed by atoms with Crippen LogP contribution in [0.25, 0.3) is 11.1 Å². The fourth-order valence-corrected chi connectivity index (χ4v) is 3.04. The second-order valence-electron chi connectivity index (χ2n) is 4.70. The van der Waals surface area contributed by atoms with Crippen LogP contribution in [0.5, 0.6) is 0 Å². The number of nitrogens with zero attached hydrogens (tertiary/aromatic N) is 1. The fourth-order valence-electron chi connectivity index (χ4n) is 2.15. The SMILES string of the molecule is Cc1ccc(Sc2nc3ccccc3o2)c(CCN)c1. The molecule has 0 aliphatic heterocycles. The lowest BCUT2D eigenvalue weighted by Gasteiger charge is -2.07. The molecule has 0 aliphatic rings. The molecule has 0 unspecified atom stereocenters. The van der Waals surface area contributed by atoms with Gasteiger partial charge in [0.15, 0.2) is 5.58 Å². The number of hydrogen-bond donors (Lipinski definition) is 1. The van der Waals surface area contributed by atoms with Gasteiger partial charge in [0.1, 0.15) is 5.52 Å². The van der Waals surface area contributed by atoms with Crippen LogP contribution in [0, 0.1) is 6.92 Å². The van der Waals surface area contributed by atoms with E-state index >= 15 is 0 Å². The van der Waals surface area contributed by atoms with Crippen LogP contribution in [0.15, 0.2) is 57.0 Å². The van der Waals surface area contributed by atoms with Gasteiger partial charge in [0.2, 0.25) is 0 Å². The van der Waals surface area contributed by atoms with E-state index in [4.69, 9.17) is 10.2 Å². The molecule has 1 aromatic heterocycles. The van der Waals surface area contributed by atoms with Gasteiger partial charge in [-0.25, -0.2) is 4.98 Å². The topological polar surface area (TPSA) is 52.0 Å². The predicted octanol–water partition coefficient (Wildman–Crippen LogP) is 3.79. The molecule has 20 heavy (non-hydrogen) atoms. The fraction of sp³-hybridized carbons (Fsp3) is 0.188. The second kappa shape index (κ2) is 5.69. The molecule has 102 valence electrons. The van der Waals surface area contributed by atoms with Gasteiger partial charge in [-0.05, 0) is 55.4 Å².